The van der Waals surface area contributed by atoms with Crippen molar-refractivity contribution in [3.05, 3.63) is 74.3 Å². The van der Waals surface area contributed by atoms with Crippen LogP contribution < -0.4 is 5.56 Å². The van der Waals surface area contributed by atoms with E-state index in [9.17, 15) is 14.9 Å². The van der Waals surface area contributed by atoms with Gasteiger partial charge in [-0.05, 0) is 31.5 Å². The summed E-state index contributed by atoms with van der Waals surface area (Å²) in [5.74, 6) is 0.542. The fourth-order valence-electron chi connectivity index (χ4n) is 2.50. The molecule has 0 amide bonds. The first kappa shape index (κ1) is 13.9. The number of benzene rings is 2. The predicted molar refractivity (Wildman–Crippen MR) is 83.5 cm³/mol. The summed E-state index contributed by atoms with van der Waals surface area (Å²) in [6.07, 6.45) is 0. The third-order valence-corrected chi connectivity index (χ3v) is 3.59. The number of hydrogen-bond donors (Lipinski definition) is 0. The van der Waals surface area contributed by atoms with Crippen LogP contribution >= 0.6 is 0 Å². The number of rotatable bonds is 2. The Bertz CT molecular complexity index is 960. The largest absolute Gasteiger partial charge is 0.270 e. The quantitative estimate of drug-likeness (QED) is 0.538. The van der Waals surface area contributed by atoms with Gasteiger partial charge in [-0.2, -0.15) is 0 Å². The molecular weight excluding hydrogens is 282 g/mol. The molecule has 0 radical (unpaired) electrons. The van der Waals surface area contributed by atoms with E-state index >= 15 is 0 Å². The second-order valence-corrected chi connectivity index (χ2v) is 5.04. The lowest BCUT2D eigenvalue weighted by molar-refractivity contribution is -0.384. The van der Waals surface area contributed by atoms with Crippen LogP contribution in [0.25, 0.3) is 16.6 Å². The van der Waals surface area contributed by atoms with Crippen molar-refractivity contribution in [1.29, 1.82) is 0 Å². The Morgan fingerprint density at radius 2 is 1.86 bits per heavy atom. The molecule has 0 fully saturated rings. The van der Waals surface area contributed by atoms with Crippen LogP contribution in [0.4, 0.5) is 5.69 Å². The van der Waals surface area contributed by atoms with Gasteiger partial charge in [0, 0.05) is 12.1 Å². The highest BCUT2D eigenvalue weighted by Gasteiger charge is 2.14. The average Bonchev–Trinajstić information content (AvgIpc) is 2.48. The standard InChI is InChI=1S/C16H13N3O3/c1-10-5-3-4-6-15(10)18-11(2)17-14-8-7-12(19(21)22)9-13(14)16(18)20/h3-9H,1-2H3. The van der Waals surface area contributed by atoms with Crippen molar-refractivity contribution in [2.45, 2.75) is 13.8 Å². The van der Waals surface area contributed by atoms with Crippen molar-refractivity contribution < 1.29 is 4.92 Å². The van der Waals surface area contributed by atoms with Crippen LogP contribution in [-0.4, -0.2) is 14.5 Å². The molecular formula is C16H13N3O3. The van der Waals surface area contributed by atoms with Crippen molar-refractivity contribution in [1.82, 2.24) is 9.55 Å². The molecule has 0 N–H and O–H groups in total. The molecule has 22 heavy (non-hydrogen) atoms. The molecule has 0 aliphatic heterocycles. The van der Waals surface area contributed by atoms with E-state index in [4.69, 9.17) is 0 Å². The first-order chi connectivity index (χ1) is 10.5. The molecule has 0 aliphatic rings. The maximum absolute atomic E-state index is 12.8. The minimum Gasteiger partial charge on any atom is -0.268 e. The number of nitrogens with zero attached hydrogens (tertiary/aromatic N) is 3. The summed E-state index contributed by atoms with van der Waals surface area (Å²) in [6, 6.07) is 11.6. The van der Waals surface area contributed by atoms with E-state index in [0.717, 1.165) is 11.3 Å². The van der Waals surface area contributed by atoms with Gasteiger partial charge < -0.3 is 0 Å². The van der Waals surface area contributed by atoms with Crippen LogP contribution in [0.3, 0.4) is 0 Å². The first-order valence-electron chi connectivity index (χ1n) is 6.73. The number of nitro groups is 1. The summed E-state index contributed by atoms with van der Waals surface area (Å²) in [5, 5.41) is 11.1. The number of nitro benzene ring substituents is 1. The van der Waals surface area contributed by atoms with Gasteiger partial charge >= 0.3 is 0 Å². The van der Waals surface area contributed by atoms with Gasteiger partial charge in [-0.25, -0.2) is 4.98 Å². The average molecular weight is 295 g/mol. The molecule has 3 rings (SSSR count). The zero-order valence-electron chi connectivity index (χ0n) is 12.1. The van der Waals surface area contributed by atoms with E-state index in [2.05, 4.69) is 4.98 Å². The molecule has 0 saturated carbocycles. The Labute approximate surface area is 125 Å². The number of para-hydroxylation sites is 1. The molecule has 0 bridgehead atoms. The van der Waals surface area contributed by atoms with E-state index in [-0.39, 0.29) is 16.6 Å². The molecule has 1 aromatic heterocycles. The highest BCUT2D eigenvalue weighted by Crippen LogP contribution is 2.19. The molecule has 3 aromatic rings. The van der Waals surface area contributed by atoms with E-state index < -0.39 is 4.92 Å². The van der Waals surface area contributed by atoms with Crippen LogP contribution in [0.2, 0.25) is 0 Å². The van der Waals surface area contributed by atoms with Gasteiger partial charge in [0.2, 0.25) is 0 Å². The molecule has 0 saturated heterocycles. The van der Waals surface area contributed by atoms with E-state index in [1.807, 2.05) is 31.2 Å². The van der Waals surface area contributed by atoms with Gasteiger partial charge in [0.05, 0.1) is 21.5 Å². The smallest absolute Gasteiger partial charge is 0.268 e. The number of non-ortho nitro benzene ring substituents is 1. The maximum Gasteiger partial charge on any atom is 0.270 e. The Hall–Kier alpha value is -3.02. The topological polar surface area (TPSA) is 78.0 Å². The molecule has 6 heteroatoms. The third kappa shape index (κ3) is 2.14. The van der Waals surface area contributed by atoms with Crippen molar-refractivity contribution >= 4 is 16.6 Å². The number of aryl methyl sites for hydroxylation is 2. The molecule has 0 atom stereocenters. The minimum atomic E-state index is -0.517. The fourth-order valence-corrected chi connectivity index (χ4v) is 2.50. The zero-order chi connectivity index (χ0) is 15.9. The minimum absolute atomic E-state index is 0.119. The van der Waals surface area contributed by atoms with Crippen molar-refractivity contribution in [2.75, 3.05) is 0 Å². The van der Waals surface area contributed by atoms with Gasteiger partial charge in [-0.15, -0.1) is 0 Å². The Kier molecular flexibility index (Phi) is 3.21. The number of fused-ring (bicyclic) bond motifs is 1. The lowest BCUT2D eigenvalue weighted by atomic mass is 10.1. The van der Waals surface area contributed by atoms with Crippen molar-refractivity contribution in [3.63, 3.8) is 0 Å². The Morgan fingerprint density at radius 1 is 1.14 bits per heavy atom. The molecule has 2 aromatic carbocycles. The van der Waals surface area contributed by atoms with Gasteiger partial charge in [0.15, 0.2) is 0 Å². The molecule has 110 valence electrons. The first-order valence-corrected chi connectivity index (χ1v) is 6.73. The normalized spacial score (nSPS) is 10.8. The molecule has 0 aliphatic carbocycles. The monoisotopic (exact) mass is 295 g/mol. The SMILES string of the molecule is Cc1ccccc1-n1c(C)nc2ccc([N+](=O)[O-])cc2c1=O. The number of hydrogen-bond acceptors (Lipinski definition) is 4. The van der Waals surface area contributed by atoms with Gasteiger partial charge in [-0.1, -0.05) is 18.2 Å². The molecule has 1 heterocycles. The Balaban J connectivity index is 2.39. The van der Waals surface area contributed by atoms with Crippen LogP contribution in [0.15, 0.2) is 47.3 Å². The van der Waals surface area contributed by atoms with Crippen LogP contribution in [0, 0.1) is 24.0 Å². The zero-order valence-corrected chi connectivity index (χ0v) is 12.1. The van der Waals surface area contributed by atoms with Crippen LogP contribution in [0.1, 0.15) is 11.4 Å². The van der Waals surface area contributed by atoms with Gasteiger partial charge in [0.1, 0.15) is 5.82 Å². The summed E-state index contributed by atoms with van der Waals surface area (Å²) >= 11 is 0. The van der Waals surface area contributed by atoms with Crippen molar-refractivity contribution in [2.24, 2.45) is 0 Å². The lowest BCUT2D eigenvalue weighted by Gasteiger charge is -2.12. The highest BCUT2D eigenvalue weighted by molar-refractivity contribution is 5.80. The maximum atomic E-state index is 12.8. The van der Waals surface area contributed by atoms with Crippen molar-refractivity contribution in [3.8, 4) is 5.69 Å². The summed E-state index contributed by atoms with van der Waals surface area (Å²) in [7, 11) is 0. The predicted octanol–water partition coefficient (Wildman–Crippen LogP) is 2.91. The molecule has 6 nitrogen and oxygen atoms in total. The molecule has 0 spiro atoms. The van der Waals surface area contributed by atoms with Gasteiger partial charge in [0.25, 0.3) is 11.2 Å². The second kappa shape index (κ2) is 5.07. The van der Waals surface area contributed by atoms with Crippen LogP contribution in [-0.2, 0) is 0 Å². The van der Waals surface area contributed by atoms with E-state index in [1.165, 1.54) is 22.8 Å². The fraction of sp³-hybridized carbons (Fsp3) is 0.125. The second-order valence-electron chi connectivity index (χ2n) is 5.04. The Morgan fingerprint density at radius 3 is 2.55 bits per heavy atom. The highest BCUT2D eigenvalue weighted by atomic mass is 16.6. The number of aromatic nitrogens is 2. The third-order valence-electron chi connectivity index (χ3n) is 3.59. The van der Waals surface area contributed by atoms with Crippen LogP contribution in [0.5, 0.6) is 0 Å². The van der Waals surface area contributed by atoms with E-state index in [0.29, 0.717) is 11.3 Å². The lowest BCUT2D eigenvalue weighted by Crippen LogP contribution is -2.23. The summed E-state index contributed by atoms with van der Waals surface area (Å²) < 4.78 is 1.49. The molecule has 0 unspecified atom stereocenters. The summed E-state index contributed by atoms with van der Waals surface area (Å²) in [4.78, 5) is 27.6. The van der Waals surface area contributed by atoms with E-state index in [1.54, 1.807) is 6.92 Å². The summed E-state index contributed by atoms with van der Waals surface area (Å²) in [5.41, 5.74) is 1.69. The van der Waals surface area contributed by atoms with Gasteiger partial charge in [-0.3, -0.25) is 19.5 Å². The summed E-state index contributed by atoms with van der Waals surface area (Å²) in [6.45, 7) is 3.65.